The summed E-state index contributed by atoms with van der Waals surface area (Å²) in [6, 6.07) is 8.55. The molecule has 0 saturated carbocycles. The zero-order valence-corrected chi connectivity index (χ0v) is 8.16. The molecule has 2 N–H and O–H groups in total. The lowest BCUT2D eigenvalue weighted by Crippen LogP contribution is -2.09. The Morgan fingerprint density at radius 1 is 1.38 bits per heavy atom. The Bertz CT molecular complexity index is 261. The first-order chi connectivity index (χ1) is 6.24. The highest BCUT2D eigenvalue weighted by atomic mass is 14.6. The first kappa shape index (κ1) is 10.0. The summed E-state index contributed by atoms with van der Waals surface area (Å²) in [5.41, 5.74) is 8.48. The maximum atomic E-state index is 5.98. The molecule has 0 amide bonds. The van der Waals surface area contributed by atoms with Crippen molar-refractivity contribution in [1.82, 2.24) is 0 Å². The van der Waals surface area contributed by atoms with Crippen molar-refractivity contribution in [3.8, 4) is 0 Å². The first-order valence-electron chi connectivity index (χ1n) is 4.67. The number of allylic oxidation sites excluding steroid dienone is 1. The average Bonchev–Trinajstić information content (AvgIpc) is 2.15. The van der Waals surface area contributed by atoms with Crippen LogP contribution in [0.4, 0.5) is 0 Å². The van der Waals surface area contributed by atoms with Crippen LogP contribution in [0.15, 0.2) is 36.9 Å². The second-order valence-corrected chi connectivity index (χ2v) is 3.38. The summed E-state index contributed by atoms with van der Waals surface area (Å²) in [5.74, 6) is 0. The molecule has 0 aromatic heterocycles. The molecular formula is C12H17N. The maximum absolute atomic E-state index is 5.98. The van der Waals surface area contributed by atoms with E-state index in [2.05, 4.69) is 37.8 Å². The van der Waals surface area contributed by atoms with E-state index in [1.54, 1.807) is 0 Å². The Morgan fingerprint density at radius 3 is 2.54 bits per heavy atom. The van der Waals surface area contributed by atoms with Gasteiger partial charge < -0.3 is 5.73 Å². The Morgan fingerprint density at radius 2 is 2.00 bits per heavy atom. The SMILES string of the molecule is C=CCC[C@H](N)c1ccc(C)cc1. The van der Waals surface area contributed by atoms with E-state index in [0.29, 0.717) is 0 Å². The Hall–Kier alpha value is -1.08. The summed E-state index contributed by atoms with van der Waals surface area (Å²) in [7, 11) is 0. The van der Waals surface area contributed by atoms with Crippen LogP contribution in [-0.2, 0) is 0 Å². The monoisotopic (exact) mass is 175 g/mol. The molecule has 1 heteroatoms. The lowest BCUT2D eigenvalue weighted by molar-refractivity contribution is 0.661. The van der Waals surface area contributed by atoms with E-state index >= 15 is 0 Å². The second-order valence-electron chi connectivity index (χ2n) is 3.38. The molecule has 0 aliphatic carbocycles. The highest BCUT2D eigenvalue weighted by Crippen LogP contribution is 2.16. The molecule has 0 spiro atoms. The van der Waals surface area contributed by atoms with Gasteiger partial charge in [-0.05, 0) is 25.3 Å². The molecule has 1 rings (SSSR count). The van der Waals surface area contributed by atoms with Crippen LogP contribution in [0.3, 0.4) is 0 Å². The number of nitrogens with two attached hydrogens (primary N) is 1. The molecule has 0 radical (unpaired) electrons. The van der Waals surface area contributed by atoms with Crippen LogP contribution in [0.25, 0.3) is 0 Å². The number of hydrogen-bond acceptors (Lipinski definition) is 1. The Kier molecular flexibility index (Phi) is 3.71. The normalized spacial score (nSPS) is 12.5. The third-order valence-corrected chi connectivity index (χ3v) is 2.19. The molecule has 1 nitrogen and oxygen atoms in total. The van der Waals surface area contributed by atoms with Gasteiger partial charge in [-0.3, -0.25) is 0 Å². The summed E-state index contributed by atoms with van der Waals surface area (Å²) in [4.78, 5) is 0. The standard InChI is InChI=1S/C12H17N/c1-3-4-5-12(13)11-8-6-10(2)7-9-11/h3,6-9,12H,1,4-5,13H2,2H3/t12-/m0/s1. The van der Waals surface area contributed by atoms with Gasteiger partial charge >= 0.3 is 0 Å². The number of aryl methyl sites for hydroxylation is 1. The fraction of sp³-hybridized carbons (Fsp3) is 0.333. The van der Waals surface area contributed by atoms with Crippen molar-refractivity contribution in [2.24, 2.45) is 5.73 Å². The van der Waals surface area contributed by atoms with Crippen LogP contribution in [0.2, 0.25) is 0 Å². The topological polar surface area (TPSA) is 26.0 Å². The minimum Gasteiger partial charge on any atom is -0.324 e. The zero-order chi connectivity index (χ0) is 9.68. The largest absolute Gasteiger partial charge is 0.324 e. The second kappa shape index (κ2) is 4.83. The van der Waals surface area contributed by atoms with Crippen LogP contribution < -0.4 is 5.73 Å². The molecule has 1 aromatic rings. The lowest BCUT2D eigenvalue weighted by atomic mass is 10.0. The van der Waals surface area contributed by atoms with Gasteiger partial charge in [0, 0.05) is 6.04 Å². The Balaban J connectivity index is 2.60. The number of rotatable bonds is 4. The van der Waals surface area contributed by atoms with Crippen LogP contribution in [0, 0.1) is 6.92 Å². The predicted octanol–water partition coefficient (Wildman–Crippen LogP) is 2.96. The van der Waals surface area contributed by atoms with E-state index < -0.39 is 0 Å². The van der Waals surface area contributed by atoms with E-state index in [4.69, 9.17) is 5.73 Å². The van der Waals surface area contributed by atoms with E-state index in [1.807, 2.05) is 6.08 Å². The van der Waals surface area contributed by atoms with E-state index in [9.17, 15) is 0 Å². The van der Waals surface area contributed by atoms with Crippen LogP contribution >= 0.6 is 0 Å². The van der Waals surface area contributed by atoms with Crippen molar-refractivity contribution in [3.63, 3.8) is 0 Å². The molecule has 1 aromatic carbocycles. The highest BCUT2D eigenvalue weighted by molar-refractivity contribution is 5.23. The summed E-state index contributed by atoms with van der Waals surface area (Å²) in [5, 5.41) is 0. The van der Waals surface area contributed by atoms with Crippen molar-refractivity contribution >= 4 is 0 Å². The van der Waals surface area contributed by atoms with Gasteiger partial charge in [-0.2, -0.15) is 0 Å². The van der Waals surface area contributed by atoms with Gasteiger partial charge in [-0.15, -0.1) is 6.58 Å². The molecule has 0 fully saturated rings. The Labute approximate surface area is 80.3 Å². The third-order valence-electron chi connectivity index (χ3n) is 2.19. The molecule has 0 aliphatic heterocycles. The van der Waals surface area contributed by atoms with Crippen LogP contribution in [-0.4, -0.2) is 0 Å². The third kappa shape index (κ3) is 3.03. The fourth-order valence-electron chi connectivity index (χ4n) is 1.28. The molecule has 0 bridgehead atoms. The van der Waals surface area contributed by atoms with Gasteiger partial charge in [0.2, 0.25) is 0 Å². The minimum absolute atomic E-state index is 0.151. The predicted molar refractivity (Wildman–Crippen MR) is 57.5 cm³/mol. The molecular weight excluding hydrogens is 158 g/mol. The van der Waals surface area contributed by atoms with Gasteiger partial charge in [0.25, 0.3) is 0 Å². The average molecular weight is 175 g/mol. The van der Waals surface area contributed by atoms with Crippen LogP contribution in [0.1, 0.15) is 30.0 Å². The summed E-state index contributed by atoms with van der Waals surface area (Å²) in [6.45, 7) is 5.77. The van der Waals surface area contributed by atoms with Gasteiger partial charge in [0.1, 0.15) is 0 Å². The first-order valence-corrected chi connectivity index (χ1v) is 4.67. The van der Waals surface area contributed by atoms with E-state index in [-0.39, 0.29) is 6.04 Å². The minimum atomic E-state index is 0.151. The quantitative estimate of drug-likeness (QED) is 0.699. The maximum Gasteiger partial charge on any atom is 0.0297 e. The lowest BCUT2D eigenvalue weighted by Gasteiger charge is -2.10. The van der Waals surface area contributed by atoms with Crippen molar-refractivity contribution < 1.29 is 0 Å². The summed E-state index contributed by atoms with van der Waals surface area (Å²) >= 11 is 0. The molecule has 0 saturated heterocycles. The van der Waals surface area contributed by atoms with Crippen molar-refractivity contribution in [2.45, 2.75) is 25.8 Å². The van der Waals surface area contributed by atoms with Gasteiger partial charge in [-0.1, -0.05) is 35.9 Å². The fourth-order valence-corrected chi connectivity index (χ4v) is 1.28. The number of benzene rings is 1. The van der Waals surface area contributed by atoms with Gasteiger partial charge in [0.05, 0.1) is 0 Å². The number of hydrogen-bond donors (Lipinski definition) is 1. The highest BCUT2D eigenvalue weighted by Gasteiger charge is 2.03. The van der Waals surface area contributed by atoms with Crippen LogP contribution in [0.5, 0.6) is 0 Å². The molecule has 0 unspecified atom stereocenters. The smallest absolute Gasteiger partial charge is 0.0297 e. The molecule has 0 heterocycles. The van der Waals surface area contributed by atoms with Crippen molar-refractivity contribution in [3.05, 3.63) is 48.0 Å². The van der Waals surface area contributed by atoms with E-state index in [0.717, 1.165) is 12.8 Å². The molecule has 0 aliphatic rings. The zero-order valence-electron chi connectivity index (χ0n) is 8.16. The summed E-state index contributed by atoms with van der Waals surface area (Å²) < 4.78 is 0. The summed E-state index contributed by atoms with van der Waals surface area (Å²) in [6.07, 6.45) is 3.87. The molecule has 70 valence electrons. The molecule has 1 atom stereocenters. The van der Waals surface area contributed by atoms with Crippen molar-refractivity contribution in [1.29, 1.82) is 0 Å². The molecule has 13 heavy (non-hydrogen) atoms. The van der Waals surface area contributed by atoms with E-state index in [1.165, 1.54) is 11.1 Å². The van der Waals surface area contributed by atoms with Crippen molar-refractivity contribution in [2.75, 3.05) is 0 Å². The van der Waals surface area contributed by atoms with Gasteiger partial charge in [0.15, 0.2) is 0 Å². The van der Waals surface area contributed by atoms with Gasteiger partial charge in [-0.25, -0.2) is 0 Å².